The number of aliphatic hydroxyl groups is 1. The van der Waals surface area contributed by atoms with Crippen molar-refractivity contribution in [2.45, 2.75) is 26.4 Å². The average molecular weight is 459 g/mol. The van der Waals surface area contributed by atoms with E-state index in [0.717, 1.165) is 5.56 Å². The van der Waals surface area contributed by atoms with Crippen LogP contribution < -0.4 is 9.47 Å². The van der Waals surface area contributed by atoms with Crippen LogP contribution in [0.4, 0.5) is 0 Å². The van der Waals surface area contributed by atoms with E-state index in [-0.39, 0.29) is 17.9 Å². The summed E-state index contributed by atoms with van der Waals surface area (Å²) in [7, 11) is 0. The average Bonchev–Trinajstić information content (AvgIpc) is 3.11. The van der Waals surface area contributed by atoms with Crippen LogP contribution in [0.1, 0.15) is 36.6 Å². The molecule has 0 spiro atoms. The topological polar surface area (TPSA) is 89.0 Å². The second-order valence-corrected chi connectivity index (χ2v) is 7.73. The first-order chi connectivity index (χ1) is 16.5. The van der Waals surface area contributed by atoms with Gasteiger partial charge in [-0.3, -0.25) is 14.6 Å². The first kappa shape index (κ1) is 23.0. The molecule has 1 aromatic heterocycles. The Balaban J connectivity index is 1.87. The molecular weight excluding hydrogens is 432 g/mol. The first-order valence-corrected chi connectivity index (χ1v) is 11.2. The van der Waals surface area contributed by atoms with Crippen molar-refractivity contribution in [2.75, 3.05) is 13.2 Å². The standard InChI is InChI=1S/C27H26N2O5/c1-3-33-21-13-12-20(15-22(21)34-4-2)24-23(25(30)19-10-6-5-7-11-19)26(31)27(32)29(24)17-18-9-8-14-28-16-18/h5-16,24,30H,3-4,17H2,1-2H3/b25-23+/t24-/m0/s1. The smallest absolute Gasteiger partial charge is 0.295 e. The first-order valence-electron chi connectivity index (χ1n) is 11.2. The minimum absolute atomic E-state index is 0.0340. The molecule has 1 aliphatic heterocycles. The third-order valence-electron chi connectivity index (χ3n) is 5.55. The van der Waals surface area contributed by atoms with E-state index in [0.29, 0.717) is 35.8 Å². The van der Waals surface area contributed by atoms with E-state index in [9.17, 15) is 14.7 Å². The predicted molar refractivity (Wildman–Crippen MR) is 127 cm³/mol. The number of likely N-dealkylation sites (tertiary alicyclic amines) is 1. The summed E-state index contributed by atoms with van der Waals surface area (Å²) in [6.07, 6.45) is 3.29. The van der Waals surface area contributed by atoms with Crippen LogP contribution in [0.5, 0.6) is 11.5 Å². The van der Waals surface area contributed by atoms with Gasteiger partial charge in [0.15, 0.2) is 11.5 Å². The molecule has 3 aromatic rings. The van der Waals surface area contributed by atoms with Crippen molar-refractivity contribution >= 4 is 17.4 Å². The van der Waals surface area contributed by atoms with E-state index < -0.39 is 17.7 Å². The van der Waals surface area contributed by atoms with Crippen molar-refractivity contribution in [3.8, 4) is 11.5 Å². The molecule has 34 heavy (non-hydrogen) atoms. The Hall–Kier alpha value is -4.13. The number of hydrogen-bond acceptors (Lipinski definition) is 6. The number of rotatable bonds is 8. The van der Waals surface area contributed by atoms with Gasteiger partial charge in [-0.15, -0.1) is 0 Å². The molecule has 1 fully saturated rings. The lowest BCUT2D eigenvalue weighted by molar-refractivity contribution is -0.140. The number of ether oxygens (including phenoxy) is 2. The molecule has 174 valence electrons. The number of nitrogens with zero attached hydrogens (tertiary/aromatic N) is 2. The van der Waals surface area contributed by atoms with Crippen LogP contribution in [0, 0.1) is 0 Å². The molecule has 0 unspecified atom stereocenters. The molecule has 1 saturated heterocycles. The van der Waals surface area contributed by atoms with E-state index in [1.54, 1.807) is 60.9 Å². The van der Waals surface area contributed by atoms with Crippen LogP contribution in [0.15, 0.2) is 78.6 Å². The number of aromatic nitrogens is 1. The Labute approximate surface area is 198 Å². The van der Waals surface area contributed by atoms with E-state index >= 15 is 0 Å². The molecule has 2 heterocycles. The fourth-order valence-corrected chi connectivity index (χ4v) is 4.07. The summed E-state index contributed by atoms with van der Waals surface area (Å²) in [4.78, 5) is 32.0. The quantitative estimate of drug-likeness (QED) is 0.304. The van der Waals surface area contributed by atoms with Gasteiger partial charge in [-0.2, -0.15) is 0 Å². The molecule has 7 nitrogen and oxygen atoms in total. The Kier molecular flexibility index (Phi) is 6.92. The Bertz CT molecular complexity index is 1210. The van der Waals surface area contributed by atoms with E-state index in [1.165, 1.54) is 4.90 Å². The highest BCUT2D eigenvalue weighted by molar-refractivity contribution is 6.46. The summed E-state index contributed by atoms with van der Waals surface area (Å²) in [5.74, 6) is -0.557. The molecule has 1 atom stereocenters. The maximum absolute atomic E-state index is 13.2. The number of carbonyl (C=O) groups excluding carboxylic acids is 2. The number of pyridine rings is 1. The lowest BCUT2D eigenvalue weighted by Gasteiger charge is -2.26. The lowest BCUT2D eigenvalue weighted by atomic mass is 9.95. The van der Waals surface area contributed by atoms with Crippen LogP contribution in [0.2, 0.25) is 0 Å². The predicted octanol–water partition coefficient (Wildman–Crippen LogP) is 4.50. The van der Waals surface area contributed by atoms with Crippen LogP contribution in [-0.2, 0) is 16.1 Å². The van der Waals surface area contributed by atoms with Crippen LogP contribution in [0.25, 0.3) is 5.76 Å². The van der Waals surface area contributed by atoms with Gasteiger partial charge in [-0.25, -0.2) is 0 Å². The lowest BCUT2D eigenvalue weighted by Crippen LogP contribution is -2.29. The zero-order chi connectivity index (χ0) is 24.1. The number of amides is 1. The number of hydrogen-bond donors (Lipinski definition) is 1. The number of Topliss-reactive ketones (excluding diaryl/α,β-unsaturated/α-hetero) is 1. The highest BCUT2D eigenvalue weighted by atomic mass is 16.5. The molecule has 4 rings (SSSR count). The summed E-state index contributed by atoms with van der Waals surface area (Å²) in [6, 6.07) is 16.9. The molecule has 2 aromatic carbocycles. The van der Waals surface area contributed by atoms with Crippen molar-refractivity contribution in [1.29, 1.82) is 0 Å². The van der Waals surface area contributed by atoms with E-state index in [4.69, 9.17) is 9.47 Å². The SMILES string of the molecule is CCOc1ccc([C@H]2/C(=C(\O)c3ccccc3)C(=O)C(=O)N2Cc2cccnc2)cc1OCC. The van der Waals surface area contributed by atoms with Crippen LogP contribution in [0.3, 0.4) is 0 Å². The Morgan fingerprint density at radius 3 is 2.38 bits per heavy atom. The summed E-state index contributed by atoms with van der Waals surface area (Å²) >= 11 is 0. The van der Waals surface area contributed by atoms with Gasteiger partial charge in [0.1, 0.15) is 5.76 Å². The zero-order valence-electron chi connectivity index (χ0n) is 19.1. The third kappa shape index (κ3) is 4.50. The zero-order valence-corrected chi connectivity index (χ0v) is 19.1. The van der Waals surface area contributed by atoms with Gasteiger partial charge in [0.2, 0.25) is 0 Å². The molecule has 1 amide bonds. The van der Waals surface area contributed by atoms with E-state index in [1.807, 2.05) is 26.0 Å². The summed E-state index contributed by atoms with van der Waals surface area (Å²) in [5.41, 5.74) is 1.90. The van der Waals surface area contributed by atoms with Crippen molar-refractivity contribution in [3.05, 3.63) is 95.3 Å². The van der Waals surface area contributed by atoms with Gasteiger partial charge in [0, 0.05) is 24.5 Å². The fourth-order valence-electron chi connectivity index (χ4n) is 4.07. The van der Waals surface area contributed by atoms with Gasteiger partial charge in [0.25, 0.3) is 11.7 Å². The third-order valence-corrected chi connectivity index (χ3v) is 5.55. The van der Waals surface area contributed by atoms with Crippen molar-refractivity contribution in [1.82, 2.24) is 9.88 Å². The maximum atomic E-state index is 13.2. The molecular formula is C27H26N2O5. The number of benzene rings is 2. The minimum Gasteiger partial charge on any atom is -0.507 e. The van der Waals surface area contributed by atoms with Gasteiger partial charge in [-0.1, -0.05) is 42.5 Å². The van der Waals surface area contributed by atoms with E-state index in [2.05, 4.69) is 4.98 Å². The van der Waals surface area contributed by atoms with Crippen molar-refractivity contribution in [3.63, 3.8) is 0 Å². The molecule has 7 heteroatoms. The van der Waals surface area contributed by atoms with Gasteiger partial charge in [-0.05, 0) is 43.2 Å². The molecule has 0 bridgehead atoms. The molecule has 0 saturated carbocycles. The molecule has 1 aliphatic rings. The summed E-state index contributed by atoms with van der Waals surface area (Å²) < 4.78 is 11.4. The van der Waals surface area contributed by atoms with Gasteiger partial charge >= 0.3 is 0 Å². The summed E-state index contributed by atoms with van der Waals surface area (Å²) in [6.45, 7) is 4.79. The largest absolute Gasteiger partial charge is 0.507 e. The maximum Gasteiger partial charge on any atom is 0.295 e. The number of ketones is 1. The van der Waals surface area contributed by atoms with Gasteiger partial charge in [0.05, 0.1) is 24.8 Å². The second kappa shape index (κ2) is 10.2. The van der Waals surface area contributed by atoms with Crippen LogP contribution >= 0.6 is 0 Å². The normalized spacial score (nSPS) is 17.1. The highest BCUT2D eigenvalue weighted by Crippen LogP contribution is 2.42. The Morgan fingerprint density at radius 2 is 1.71 bits per heavy atom. The van der Waals surface area contributed by atoms with Crippen molar-refractivity contribution in [2.24, 2.45) is 0 Å². The molecule has 1 N–H and O–H groups in total. The van der Waals surface area contributed by atoms with Crippen molar-refractivity contribution < 1.29 is 24.2 Å². The molecule has 0 radical (unpaired) electrons. The monoisotopic (exact) mass is 458 g/mol. The Morgan fingerprint density at radius 1 is 0.971 bits per heavy atom. The minimum atomic E-state index is -0.810. The van der Waals surface area contributed by atoms with Gasteiger partial charge < -0.3 is 19.5 Å². The summed E-state index contributed by atoms with van der Waals surface area (Å²) in [5, 5.41) is 11.1. The number of aliphatic hydroxyl groups excluding tert-OH is 1. The second-order valence-electron chi connectivity index (χ2n) is 7.73. The molecule has 0 aliphatic carbocycles. The number of carbonyl (C=O) groups is 2. The fraction of sp³-hybridized carbons (Fsp3) is 0.222. The highest BCUT2D eigenvalue weighted by Gasteiger charge is 2.46. The van der Waals surface area contributed by atoms with Crippen LogP contribution in [-0.4, -0.2) is 39.9 Å².